The van der Waals surface area contributed by atoms with Crippen molar-refractivity contribution >= 4 is 23.4 Å². The second-order valence-electron chi connectivity index (χ2n) is 3.46. The van der Waals surface area contributed by atoms with E-state index < -0.39 is 0 Å². The number of aromatic nitrogens is 3. The SMILES string of the molecule is CCSc1nnc(-c2ccccc2Cl)n1CC. The Morgan fingerprint density at radius 1 is 1.24 bits per heavy atom. The zero-order valence-electron chi connectivity index (χ0n) is 9.85. The Hall–Kier alpha value is -1.00. The second-order valence-corrected chi connectivity index (χ2v) is 5.10. The first kappa shape index (κ1) is 12.5. The molecular weight excluding hydrogens is 254 g/mol. The molecule has 5 heteroatoms. The van der Waals surface area contributed by atoms with Crippen LogP contribution in [0.25, 0.3) is 11.4 Å². The van der Waals surface area contributed by atoms with Gasteiger partial charge in [0.05, 0.1) is 5.02 Å². The summed E-state index contributed by atoms with van der Waals surface area (Å²) in [6.07, 6.45) is 0. The Kier molecular flexibility index (Phi) is 4.07. The van der Waals surface area contributed by atoms with Crippen molar-refractivity contribution in [3.8, 4) is 11.4 Å². The maximum Gasteiger partial charge on any atom is 0.191 e. The highest BCUT2D eigenvalue weighted by atomic mass is 35.5. The lowest BCUT2D eigenvalue weighted by Crippen LogP contribution is -2.00. The summed E-state index contributed by atoms with van der Waals surface area (Å²) in [6, 6.07) is 7.72. The minimum Gasteiger partial charge on any atom is -0.302 e. The van der Waals surface area contributed by atoms with E-state index in [1.54, 1.807) is 11.8 Å². The second kappa shape index (κ2) is 5.56. The van der Waals surface area contributed by atoms with E-state index in [0.717, 1.165) is 28.8 Å². The quantitative estimate of drug-likeness (QED) is 0.791. The third-order valence-electron chi connectivity index (χ3n) is 2.42. The van der Waals surface area contributed by atoms with Crippen molar-refractivity contribution in [2.75, 3.05) is 5.75 Å². The molecule has 2 aromatic rings. The molecule has 0 saturated heterocycles. The van der Waals surface area contributed by atoms with Crippen molar-refractivity contribution < 1.29 is 0 Å². The molecule has 0 aliphatic rings. The van der Waals surface area contributed by atoms with Crippen molar-refractivity contribution in [2.24, 2.45) is 0 Å². The summed E-state index contributed by atoms with van der Waals surface area (Å²) in [7, 11) is 0. The van der Waals surface area contributed by atoms with Gasteiger partial charge in [0.1, 0.15) is 0 Å². The van der Waals surface area contributed by atoms with E-state index in [4.69, 9.17) is 11.6 Å². The van der Waals surface area contributed by atoms with Gasteiger partial charge in [-0.15, -0.1) is 10.2 Å². The van der Waals surface area contributed by atoms with Gasteiger partial charge in [0.25, 0.3) is 0 Å². The molecule has 1 aromatic heterocycles. The smallest absolute Gasteiger partial charge is 0.191 e. The van der Waals surface area contributed by atoms with Crippen molar-refractivity contribution in [3.63, 3.8) is 0 Å². The molecule has 90 valence electrons. The highest BCUT2D eigenvalue weighted by Crippen LogP contribution is 2.28. The van der Waals surface area contributed by atoms with Crippen molar-refractivity contribution in [1.29, 1.82) is 0 Å². The summed E-state index contributed by atoms with van der Waals surface area (Å²) in [6.45, 7) is 5.04. The van der Waals surface area contributed by atoms with Crippen molar-refractivity contribution in [3.05, 3.63) is 29.3 Å². The minimum atomic E-state index is 0.711. The zero-order chi connectivity index (χ0) is 12.3. The number of benzene rings is 1. The van der Waals surface area contributed by atoms with Crippen molar-refractivity contribution in [1.82, 2.24) is 14.8 Å². The number of hydrogen-bond donors (Lipinski definition) is 0. The monoisotopic (exact) mass is 267 g/mol. The van der Waals surface area contributed by atoms with E-state index in [0.29, 0.717) is 5.02 Å². The zero-order valence-corrected chi connectivity index (χ0v) is 11.4. The van der Waals surface area contributed by atoms with Crippen LogP contribution in [0.2, 0.25) is 5.02 Å². The van der Waals surface area contributed by atoms with Gasteiger partial charge in [-0.3, -0.25) is 0 Å². The van der Waals surface area contributed by atoms with Gasteiger partial charge in [0.2, 0.25) is 0 Å². The van der Waals surface area contributed by atoms with Gasteiger partial charge < -0.3 is 4.57 Å². The summed E-state index contributed by atoms with van der Waals surface area (Å²) < 4.78 is 2.09. The van der Waals surface area contributed by atoms with Gasteiger partial charge in [-0.05, 0) is 24.8 Å². The predicted molar refractivity (Wildman–Crippen MR) is 72.5 cm³/mol. The molecule has 0 aliphatic heterocycles. The molecule has 0 radical (unpaired) electrons. The molecule has 1 aromatic carbocycles. The van der Waals surface area contributed by atoms with Crippen LogP contribution < -0.4 is 0 Å². The Labute approximate surface area is 110 Å². The van der Waals surface area contributed by atoms with Crippen LogP contribution in [-0.2, 0) is 6.54 Å². The number of rotatable bonds is 4. The van der Waals surface area contributed by atoms with E-state index in [2.05, 4.69) is 28.6 Å². The third-order valence-corrected chi connectivity index (χ3v) is 3.60. The standard InChI is InChI=1S/C12H14ClN3S/c1-3-16-11(14-15-12(16)17-4-2)9-7-5-6-8-10(9)13/h5-8H,3-4H2,1-2H3. The van der Waals surface area contributed by atoms with E-state index in [1.807, 2.05) is 24.3 Å². The summed E-state index contributed by atoms with van der Waals surface area (Å²) >= 11 is 7.88. The molecule has 0 atom stereocenters. The fourth-order valence-corrected chi connectivity index (χ4v) is 2.60. The lowest BCUT2D eigenvalue weighted by atomic mass is 10.2. The van der Waals surface area contributed by atoms with Crippen LogP contribution in [0.5, 0.6) is 0 Å². The fraction of sp³-hybridized carbons (Fsp3) is 0.333. The van der Waals surface area contributed by atoms with Crippen LogP contribution in [0.1, 0.15) is 13.8 Å². The van der Waals surface area contributed by atoms with Gasteiger partial charge in [-0.2, -0.15) is 0 Å². The first-order chi connectivity index (χ1) is 8.27. The first-order valence-corrected chi connectivity index (χ1v) is 6.95. The fourth-order valence-electron chi connectivity index (χ4n) is 1.65. The average Bonchev–Trinajstić information content (AvgIpc) is 2.73. The summed E-state index contributed by atoms with van der Waals surface area (Å²) in [5.74, 6) is 1.83. The van der Waals surface area contributed by atoms with Crippen LogP contribution in [0.3, 0.4) is 0 Å². The molecule has 0 spiro atoms. The number of hydrogen-bond acceptors (Lipinski definition) is 3. The Morgan fingerprint density at radius 2 is 2.00 bits per heavy atom. The Morgan fingerprint density at radius 3 is 2.65 bits per heavy atom. The van der Waals surface area contributed by atoms with E-state index >= 15 is 0 Å². The summed E-state index contributed by atoms with van der Waals surface area (Å²) in [5, 5.41) is 10.1. The first-order valence-electron chi connectivity index (χ1n) is 5.58. The molecule has 1 heterocycles. The van der Waals surface area contributed by atoms with Gasteiger partial charge >= 0.3 is 0 Å². The topological polar surface area (TPSA) is 30.7 Å². The third kappa shape index (κ3) is 2.48. The molecule has 0 saturated carbocycles. The van der Waals surface area contributed by atoms with Gasteiger partial charge in [0.15, 0.2) is 11.0 Å². The molecule has 0 N–H and O–H groups in total. The highest BCUT2D eigenvalue weighted by Gasteiger charge is 2.14. The van der Waals surface area contributed by atoms with Crippen LogP contribution >= 0.6 is 23.4 Å². The maximum atomic E-state index is 6.19. The average molecular weight is 268 g/mol. The van der Waals surface area contributed by atoms with Crippen LogP contribution in [0.15, 0.2) is 29.4 Å². The Bertz CT molecular complexity index is 510. The van der Waals surface area contributed by atoms with E-state index in [-0.39, 0.29) is 0 Å². The normalized spacial score (nSPS) is 10.8. The largest absolute Gasteiger partial charge is 0.302 e. The molecule has 17 heavy (non-hydrogen) atoms. The molecule has 0 amide bonds. The number of nitrogens with zero attached hydrogens (tertiary/aromatic N) is 3. The van der Waals surface area contributed by atoms with Crippen LogP contribution in [0, 0.1) is 0 Å². The molecule has 2 rings (SSSR count). The summed E-state index contributed by atoms with van der Waals surface area (Å²) in [4.78, 5) is 0. The van der Waals surface area contributed by atoms with Crippen molar-refractivity contribution in [2.45, 2.75) is 25.5 Å². The summed E-state index contributed by atoms with van der Waals surface area (Å²) in [5.41, 5.74) is 0.937. The van der Waals surface area contributed by atoms with Gasteiger partial charge in [-0.1, -0.05) is 42.4 Å². The van der Waals surface area contributed by atoms with E-state index in [9.17, 15) is 0 Å². The minimum absolute atomic E-state index is 0.711. The molecule has 0 bridgehead atoms. The molecule has 0 fully saturated rings. The predicted octanol–water partition coefficient (Wildman–Crippen LogP) is 3.73. The van der Waals surface area contributed by atoms with Crippen LogP contribution in [-0.4, -0.2) is 20.5 Å². The highest BCUT2D eigenvalue weighted by molar-refractivity contribution is 7.99. The number of halogens is 1. The maximum absolute atomic E-state index is 6.19. The van der Waals surface area contributed by atoms with Gasteiger partial charge in [0, 0.05) is 12.1 Å². The lowest BCUT2D eigenvalue weighted by molar-refractivity contribution is 0.687. The number of thioether (sulfide) groups is 1. The van der Waals surface area contributed by atoms with Gasteiger partial charge in [-0.25, -0.2) is 0 Å². The molecular formula is C12H14ClN3S. The molecule has 3 nitrogen and oxygen atoms in total. The Balaban J connectivity index is 2.49. The van der Waals surface area contributed by atoms with Crippen LogP contribution in [0.4, 0.5) is 0 Å². The molecule has 0 aliphatic carbocycles. The lowest BCUT2D eigenvalue weighted by Gasteiger charge is -2.07. The van der Waals surface area contributed by atoms with E-state index in [1.165, 1.54) is 0 Å². The molecule has 0 unspecified atom stereocenters.